The molecule has 5 heterocycles. The van der Waals surface area contributed by atoms with Crippen molar-refractivity contribution in [2.45, 2.75) is 331 Å². The van der Waals surface area contributed by atoms with Crippen molar-refractivity contribution in [1.82, 2.24) is 9.34 Å². The third-order valence-electron chi connectivity index (χ3n) is 19.1. The highest BCUT2D eigenvalue weighted by atomic mass is 31.2. The fraction of sp³-hybridized carbons (Fsp3) is 0.912. The van der Waals surface area contributed by atoms with Crippen molar-refractivity contribution in [2.24, 2.45) is 0 Å². The van der Waals surface area contributed by atoms with Gasteiger partial charge in [0.2, 0.25) is 0 Å². The van der Waals surface area contributed by atoms with Crippen LogP contribution in [0, 0.1) is 22.7 Å². The predicted molar refractivity (Wildman–Crippen MR) is 428 cm³/mol. The maximum atomic E-state index is 14.9. The molecule has 105 heavy (non-hydrogen) atoms. The molecule has 0 bridgehead atoms. The summed E-state index contributed by atoms with van der Waals surface area (Å²) in [6.45, 7) is 55.7. The predicted octanol–water partition coefficient (Wildman–Crippen LogP) is 13.8. The van der Waals surface area contributed by atoms with Crippen LogP contribution in [-0.4, -0.2) is 280 Å². The minimum Gasteiger partial charge on any atom is -0.459 e. The number of carbonyl (C=O) groups excluding carboxylic acids is 2. The van der Waals surface area contributed by atoms with Crippen molar-refractivity contribution in [2.75, 3.05) is 66.5 Å². The van der Waals surface area contributed by atoms with Gasteiger partial charge in [0.25, 0.3) is 17.1 Å². The third-order valence-corrected chi connectivity index (χ3v) is 38.7. The number of hydrogen-bond acceptors (Lipinski definition) is 24. The zero-order valence-electron chi connectivity index (χ0n) is 68.5. The number of hydrogen-bond donors (Lipinski definition) is 1. The first kappa shape index (κ1) is 101. The van der Waals surface area contributed by atoms with Gasteiger partial charge in [0.05, 0.1) is 94.2 Å². The van der Waals surface area contributed by atoms with E-state index >= 15 is 0 Å². The average molecular weight is 1630 g/mol. The number of nitriles is 2. The molecule has 0 aliphatic carbocycles. The summed E-state index contributed by atoms with van der Waals surface area (Å²) in [5.74, 6) is -1.66. The number of aliphatic hydroxyl groups excluding tert-OH is 1. The van der Waals surface area contributed by atoms with Gasteiger partial charge in [-0.15, -0.1) is 0 Å². The zero-order valence-corrected chi connectivity index (χ0v) is 75.8. The van der Waals surface area contributed by atoms with Crippen LogP contribution in [0.4, 0.5) is 4.39 Å². The van der Waals surface area contributed by atoms with Gasteiger partial charge in [-0.25, -0.2) is 13.7 Å². The summed E-state index contributed by atoms with van der Waals surface area (Å²) in [5.41, 5.74) is -0.386. The fourth-order valence-electron chi connectivity index (χ4n) is 11.2. The van der Waals surface area contributed by atoms with Gasteiger partial charge in [-0.05, 0) is 151 Å². The molecule has 598 valence electrons. The summed E-state index contributed by atoms with van der Waals surface area (Å²) in [7, 11) is 7.31. The van der Waals surface area contributed by atoms with E-state index in [9.17, 15) is 37.3 Å². The van der Waals surface area contributed by atoms with E-state index in [1.807, 2.05) is 44.5 Å². The van der Waals surface area contributed by atoms with E-state index in [0.29, 0.717) is 12.8 Å². The van der Waals surface area contributed by atoms with Gasteiger partial charge in [0.1, 0.15) is 77.0 Å². The van der Waals surface area contributed by atoms with Crippen LogP contribution in [0.25, 0.3) is 0 Å². The van der Waals surface area contributed by atoms with Gasteiger partial charge < -0.3 is 83.5 Å². The Bertz CT molecular complexity index is 2900. The van der Waals surface area contributed by atoms with Crippen LogP contribution in [0.15, 0.2) is 11.9 Å². The minimum absolute atomic E-state index is 0.0707. The molecule has 37 heteroatoms. The second-order valence-corrected chi connectivity index (χ2v) is 59.4. The fourth-order valence-corrected chi connectivity index (χ4v) is 21.2. The molecule has 5 saturated heterocycles. The molecule has 8 radical (unpaired) electrons. The number of esters is 2. The van der Waals surface area contributed by atoms with Gasteiger partial charge in [-0.3, -0.25) is 9.59 Å². The molecule has 1 N–H and O–H groups in total. The van der Waals surface area contributed by atoms with Crippen molar-refractivity contribution in [3.63, 3.8) is 0 Å². The molecule has 0 spiro atoms. The Kier molecular flexibility index (Phi) is 40.9. The number of halogens is 1. The smallest absolute Gasteiger partial charge is 0.303 e. The molecular weight excluding hydrogens is 1500 g/mol. The van der Waals surface area contributed by atoms with E-state index in [0.717, 1.165) is 13.3 Å². The number of alkyl halides is 1. The van der Waals surface area contributed by atoms with Crippen molar-refractivity contribution in [3.8, 4) is 12.1 Å². The maximum absolute atomic E-state index is 14.9. The Morgan fingerprint density at radius 2 is 0.933 bits per heavy atom. The molecule has 5 rings (SSSR count). The number of ether oxygens (including phenoxy) is 7. The van der Waals surface area contributed by atoms with Crippen LogP contribution in [0.1, 0.15) is 156 Å². The molecular formula is C68H129B4FN4O20P6Si2. The largest absolute Gasteiger partial charge is 0.459 e. The van der Waals surface area contributed by atoms with E-state index in [4.69, 9.17) is 102 Å². The number of epoxide rings is 1. The Labute approximate surface area is 641 Å². The summed E-state index contributed by atoms with van der Waals surface area (Å²) < 4.78 is 144. The molecule has 21 atom stereocenters. The summed E-state index contributed by atoms with van der Waals surface area (Å²) in [4.78, 5) is 23.2. The quantitative estimate of drug-likeness (QED) is 0.0210. The second kappa shape index (κ2) is 42.7. The Hall–Kier alpha value is -0.496. The van der Waals surface area contributed by atoms with E-state index in [1.165, 1.54) is 20.3 Å². The molecule has 0 amide bonds. The maximum Gasteiger partial charge on any atom is 0.303 e. The Morgan fingerprint density at radius 1 is 0.581 bits per heavy atom. The number of nitrogens with zero attached hydrogens (tertiary/aromatic N) is 4. The van der Waals surface area contributed by atoms with Crippen molar-refractivity contribution >= 4 is 106 Å². The first-order valence-corrected chi connectivity index (χ1v) is 55.1. The molecule has 0 saturated carbocycles. The van der Waals surface area contributed by atoms with E-state index in [2.05, 4.69) is 106 Å². The van der Waals surface area contributed by atoms with Gasteiger partial charge in [-0.2, -0.15) is 10.5 Å². The van der Waals surface area contributed by atoms with Crippen LogP contribution in [0.2, 0.25) is 36.3 Å². The van der Waals surface area contributed by atoms with Gasteiger partial charge in [0, 0.05) is 93.4 Å². The second-order valence-electron chi connectivity index (χ2n) is 33.5. The molecule has 0 aromatic heterocycles. The average Bonchev–Trinajstić information content (AvgIpc) is 1.62. The number of carbonyl (C=O) groups is 2. The summed E-state index contributed by atoms with van der Waals surface area (Å²) in [6.07, 6.45) is -2.51. The lowest BCUT2D eigenvalue weighted by molar-refractivity contribution is -0.156. The van der Waals surface area contributed by atoms with Gasteiger partial charge >= 0.3 is 11.9 Å². The summed E-state index contributed by atoms with van der Waals surface area (Å²) in [5, 5.41) is 28.4. The molecule has 5 fully saturated rings. The lowest BCUT2D eigenvalue weighted by Gasteiger charge is -2.39. The first-order valence-electron chi connectivity index (χ1n) is 36.3. The SMILES string of the molecule is [B][C@@H]1O[C@H](/C=C/P(C)(C)=O)C[C@@H]1O[Si](C)(C)C(C)(C)C.[B][C@@H]1O[C@H](C(O)C2OC2P(C)(C)=O)C[C@@H]1O[Si](C)(C)C(C)(C)C.[B][C@@H]1O[C@H](C(OC(C)=O)C(C)P(C)(C)=O)C[C@@H]1OP(OCCC#N)N(C(C)C)C(C)C.[B][C@@H]1O[C@H](C(OC(C)=O)C(F)P(C)(C)=O)C[C@@H]1OP(OCCC#N)N(C(C)C)C(C)C. The minimum atomic E-state index is -3.21. The molecule has 0 aromatic rings. The highest BCUT2D eigenvalue weighted by Gasteiger charge is 2.56. The van der Waals surface area contributed by atoms with Crippen molar-refractivity contribution in [1.29, 1.82) is 10.5 Å². The standard InChI is InChI=1S/C20H37BN2O6P2.C19H34BFN2O6P2.C15H30BO5PSi.C14H28BO3PSi/c1-13(2)23(14(3)4)30(26-11-9-10-22)29-18-12-17(28-20(18)21)19(27-16(6)24)15(5)31(7,8)25;1-12(2)23(13(3)4)30(26-10-8-9-22)29-16-11-15(28-18(16)20)17(27-14(5)24)19(21)31(6,7)25;1-15(2,3)23(6,7)21-10-8-9(19-13(10)16)11(17)12-14(20-12)22(4,5)18;1-14(2,3)20(6,7)18-12-10-11(17-13(12)15)8-9-19(4,5)16/h13-15,17-20H,9,11-12H2,1-8H3;12-13,15-19H,8,10-11H2,1-7H3;9-14,17H,8H2,1-7H3;8-9,11-13H,10H2,1-7H3/b;;;9-8+/t15?,17-,18-,19?,20+,30?;15-,16-,17?,18+,19?,30?;9-,10-,11?,12?,13+,14?;11-,12+,13-/m0001/s1. The summed E-state index contributed by atoms with van der Waals surface area (Å²) in [6, 6.07) is 2.02. The monoisotopic (exact) mass is 1630 g/mol. The third kappa shape index (κ3) is 33.1. The Morgan fingerprint density at radius 3 is 1.27 bits per heavy atom. The van der Waals surface area contributed by atoms with Gasteiger partial charge in [0.15, 0.2) is 28.7 Å². The lowest BCUT2D eigenvalue weighted by atomic mass is 9.94. The highest BCUT2D eigenvalue weighted by molar-refractivity contribution is 7.65. The molecule has 9 unspecified atom stereocenters. The first-order chi connectivity index (χ1) is 47.6. The zero-order chi connectivity index (χ0) is 81.4. The normalized spacial score (nSPS) is 28.4. The van der Waals surface area contributed by atoms with Crippen LogP contribution >= 0.6 is 45.6 Å². The topological polar surface area (TPSA) is 300 Å². The van der Waals surface area contributed by atoms with E-state index in [1.54, 1.807) is 52.7 Å². The van der Waals surface area contributed by atoms with E-state index < -0.39 is 159 Å². The van der Waals surface area contributed by atoms with Crippen molar-refractivity contribution < 1.29 is 97.5 Å². The summed E-state index contributed by atoms with van der Waals surface area (Å²) >= 11 is 0. The number of aliphatic hydroxyl groups is 1. The van der Waals surface area contributed by atoms with Gasteiger partial charge in [-0.1, -0.05) is 54.5 Å². The van der Waals surface area contributed by atoms with Crippen LogP contribution in [-0.2, 0) is 88.0 Å². The molecule has 0 aromatic carbocycles. The Balaban J connectivity index is 0.000000483. The van der Waals surface area contributed by atoms with Crippen molar-refractivity contribution in [3.05, 3.63) is 11.9 Å². The van der Waals surface area contributed by atoms with Crippen LogP contribution in [0.3, 0.4) is 0 Å². The number of rotatable bonds is 33. The van der Waals surface area contributed by atoms with Crippen LogP contribution in [0.5, 0.6) is 0 Å². The molecule has 5 aliphatic heterocycles. The van der Waals surface area contributed by atoms with E-state index in [-0.39, 0.29) is 96.5 Å². The molecule has 5 aliphatic rings. The highest BCUT2D eigenvalue weighted by Crippen LogP contribution is 2.57. The van der Waals surface area contributed by atoms with Crippen LogP contribution < -0.4 is 0 Å². The molecule has 24 nitrogen and oxygen atoms in total. The lowest BCUT2D eigenvalue weighted by Crippen LogP contribution is -2.46.